The summed E-state index contributed by atoms with van der Waals surface area (Å²) in [5.74, 6) is 7.52. The van der Waals surface area contributed by atoms with Gasteiger partial charge < -0.3 is 39.7 Å². The molecule has 1 fully saturated rings. The van der Waals surface area contributed by atoms with Crippen molar-refractivity contribution in [3.63, 3.8) is 0 Å². The Balaban J connectivity index is 0.000000379. The van der Waals surface area contributed by atoms with Crippen LogP contribution in [0.5, 0.6) is 28.7 Å². The SMILES string of the molecule is COc1cc(N2CC(N(N)/C=C(\N)COF)C2=O)cc(OC)c1OC.COc1ccccc1O. The highest BCUT2D eigenvalue weighted by molar-refractivity contribution is 6.04. The third-order valence-corrected chi connectivity index (χ3v) is 4.85. The normalized spacial score (nSPS) is 15.0. The Morgan fingerprint density at radius 3 is 2.15 bits per heavy atom. The first-order valence-corrected chi connectivity index (χ1v) is 9.97. The van der Waals surface area contributed by atoms with Gasteiger partial charge in [-0.05, 0) is 16.7 Å². The number of anilines is 1. The smallest absolute Gasteiger partial charge is 0.253 e. The number of β-lactam (4-membered cyclic amide) rings is 1. The highest BCUT2D eigenvalue weighted by Crippen LogP contribution is 2.42. The van der Waals surface area contributed by atoms with Gasteiger partial charge in [0.15, 0.2) is 23.0 Å². The number of para-hydroxylation sites is 2. The van der Waals surface area contributed by atoms with Crippen molar-refractivity contribution in [1.29, 1.82) is 0 Å². The van der Waals surface area contributed by atoms with Gasteiger partial charge in [-0.1, -0.05) is 12.1 Å². The lowest BCUT2D eigenvalue weighted by Gasteiger charge is -2.42. The molecule has 1 amide bonds. The zero-order valence-electron chi connectivity index (χ0n) is 19.4. The second kappa shape index (κ2) is 12.4. The first-order valence-electron chi connectivity index (χ1n) is 9.97. The third-order valence-electron chi connectivity index (χ3n) is 4.85. The second-order valence-electron chi connectivity index (χ2n) is 6.92. The number of benzene rings is 2. The summed E-state index contributed by atoms with van der Waals surface area (Å²) < 4.78 is 32.4. The molecule has 0 spiro atoms. The Hall–Kier alpha value is -3.90. The summed E-state index contributed by atoms with van der Waals surface area (Å²) in [7, 11) is 6.00. The lowest BCUT2D eigenvalue weighted by molar-refractivity contribution is -0.128. The van der Waals surface area contributed by atoms with Gasteiger partial charge in [0, 0.05) is 18.3 Å². The van der Waals surface area contributed by atoms with E-state index in [0.29, 0.717) is 35.2 Å². The molecule has 1 heterocycles. The Morgan fingerprint density at radius 1 is 1.12 bits per heavy atom. The van der Waals surface area contributed by atoms with Gasteiger partial charge >= 0.3 is 0 Å². The van der Waals surface area contributed by atoms with Crippen molar-refractivity contribution in [2.75, 3.05) is 46.5 Å². The van der Waals surface area contributed by atoms with Crippen molar-refractivity contribution in [2.45, 2.75) is 6.04 Å². The molecule has 0 aliphatic carbocycles. The van der Waals surface area contributed by atoms with Crippen molar-refractivity contribution in [1.82, 2.24) is 5.01 Å². The number of hydrogen-bond donors (Lipinski definition) is 3. The number of carbonyl (C=O) groups excluding carboxylic acids is 1. The molecule has 3 rings (SSSR count). The lowest BCUT2D eigenvalue weighted by atomic mass is 10.1. The van der Waals surface area contributed by atoms with Gasteiger partial charge in [-0.3, -0.25) is 4.79 Å². The van der Waals surface area contributed by atoms with Gasteiger partial charge in [0.05, 0.1) is 46.4 Å². The van der Waals surface area contributed by atoms with Gasteiger partial charge in [0.25, 0.3) is 5.91 Å². The molecule has 12 heteroatoms. The Kier molecular flexibility index (Phi) is 9.59. The summed E-state index contributed by atoms with van der Waals surface area (Å²) in [6, 6.07) is 9.55. The van der Waals surface area contributed by atoms with Crippen LogP contribution in [0, 0.1) is 0 Å². The molecule has 2 aromatic carbocycles. The van der Waals surface area contributed by atoms with E-state index in [9.17, 15) is 9.32 Å². The van der Waals surface area contributed by atoms with Gasteiger partial charge in [-0.2, -0.15) is 4.94 Å². The van der Waals surface area contributed by atoms with E-state index < -0.39 is 12.6 Å². The molecule has 1 aliphatic heterocycles. The number of nitrogens with two attached hydrogens (primary N) is 2. The molecule has 0 radical (unpaired) electrons. The van der Waals surface area contributed by atoms with E-state index in [2.05, 4.69) is 4.94 Å². The van der Waals surface area contributed by atoms with E-state index in [1.807, 2.05) is 0 Å². The van der Waals surface area contributed by atoms with Crippen molar-refractivity contribution in [2.24, 2.45) is 11.6 Å². The van der Waals surface area contributed by atoms with Gasteiger partial charge in [0.2, 0.25) is 5.75 Å². The molecule has 34 heavy (non-hydrogen) atoms. The highest BCUT2D eigenvalue weighted by atomic mass is 19.3. The number of hydrogen-bond acceptors (Lipinski definition) is 10. The standard InChI is InChI=1S/C15H21FN4O5.C7H8O2/c1-22-12-4-10(5-13(23-2)14(12)24-3)19-7-11(15(19)21)20(18)6-9(17)8-25-16;1-9-7-5-3-2-4-6(7)8/h4-6,11H,7-8,17-18H2,1-3H3;2-5,8H,1H3/b9-6-;. The van der Waals surface area contributed by atoms with E-state index in [-0.39, 0.29) is 17.4 Å². The topological polar surface area (TPSA) is 142 Å². The molecule has 1 saturated heterocycles. The third kappa shape index (κ3) is 6.11. The average molecular weight is 480 g/mol. The summed E-state index contributed by atoms with van der Waals surface area (Å²) in [5, 5.41) is 10.1. The minimum Gasteiger partial charge on any atom is -0.504 e. The van der Waals surface area contributed by atoms with E-state index in [0.717, 1.165) is 5.01 Å². The van der Waals surface area contributed by atoms with Crippen molar-refractivity contribution in [3.05, 3.63) is 48.3 Å². The Morgan fingerprint density at radius 2 is 1.71 bits per heavy atom. The molecule has 5 N–H and O–H groups in total. The first-order chi connectivity index (χ1) is 16.3. The van der Waals surface area contributed by atoms with Crippen LogP contribution < -0.4 is 35.4 Å². The van der Waals surface area contributed by atoms with Crippen LogP contribution >= 0.6 is 0 Å². The predicted molar refractivity (Wildman–Crippen MR) is 122 cm³/mol. The number of carbonyl (C=O) groups is 1. The number of phenolic OH excluding ortho intramolecular Hbond substituents is 1. The Labute approximate surface area is 196 Å². The maximum absolute atomic E-state index is 12.4. The van der Waals surface area contributed by atoms with E-state index >= 15 is 0 Å². The van der Waals surface area contributed by atoms with Gasteiger partial charge in [-0.25, -0.2) is 5.84 Å². The first kappa shape index (κ1) is 26.4. The van der Waals surface area contributed by atoms with E-state index in [1.54, 1.807) is 36.4 Å². The Bertz CT molecular complexity index is 980. The fourth-order valence-corrected chi connectivity index (χ4v) is 3.10. The number of phenols is 1. The van der Waals surface area contributed by atoms with Crippen LogP contribution in [0.3, 0.4) is 0 Å². The zero-order valence-corrected chi connectivity index (χ0v) is 19.4. The zero-order chi connectivity index (χ0) is 25.3. The van der Waals surface area contributed by atoms with E-state index in [1.165, 1.54) is 39.5 Å². The molecule has 186 valence electrons. The molecule has 1 atom stereocenters. The highest BCUT2D eigenvalue weighted by Gasteiger charge is 2.41. The molecule has 1 unspecified atom stereocenters. The number of nitrogens with zero attached hydrogens (tertiary/aromatic N) is 2. The van der Waals surface area contributed by atoms with Crippen molar-refractivity contribution >= 4 is 11.6 Å². The largest absolute Gasteiger partial charge is 0.504 e. The van der Waals surface area contributed by atoms with Crippen molar-refractivity contribution < 1.29 is 38.3 Å². The molecule has 1 aliphatic rings. The fraction of sp³-hybridized carbons (Fsp3) is 0.318. The van der Waals surface area contributed by atoms with E-state index in [4.69, 9.17) is 35.6 Å². The van der Waals surface area contributed by atoms with Crippen LogP contribution in [-0.2, 0) is 9.74 Å². The number of amides is 1. The van der Waals surface area contributed by atoms with Crippen LogP contribution in [0.2, 0.25) is 0 Å². The second-order valence-corrected chi connectivity index (χ2v) is 6.92. The average Bonchev–Trinajstić information content (AvgIpc) is 2.83. The quantitative estimate of drug-likeness (QED) is 0.276. The minimum absolute atomic E-state index is 0.0593. The predicted octanol–water partition coefficient (Wildman–Crippen LogP) is 1.71. The fourth-order valence-electron chi connectivity index (χ4n) is 3.10. The summed E-state index contributed by atoms with van der Waals surface area (Å²) in [4.78, 5) is 17.3. The van der Waals surface area contributed by atoms with Crippen LogP contribution in [0.25, 0.3) is 0 Å². The van der Waals surface area contributed by atoms with Gasteiger partial charge in [0.1, 0.15) is 12.6 Å². The van der Waals surface area contributed by atoms with Crippen molar-refractivity contribution in [3.8, 4) is 28.7 Å². The number of aromatic hydroxyl groups is 1. The minimum atomic E-state index is -0.614. The molecular weight excluding hydrogens is 451 g/mol. The number of halogens is 1. The molecule has 0 bridgehead atoms. The molecule has 2 aromatic rings. The van der Waals surface area contributed by atoms with Crippen LogP contribution in [0.15, 0.2) is 48.3 Å². The number of hydrazine groups is 1. The van der Waals surface area contributed by atoms with Crippen LogP contribution in [0.4, 0.5) is 10.2 Å². The molecule has 0 aromatic heterocycles. The number of rotatable bonds is 9. The van der Waals surface area contributed by atoms with Gasteiger partial charge in [-0.15, -0.1) is 0 Å². The molecular formula is C22H29FN4O7. The summed E-state index contributed by atoms with van der Waals surface area (Å²) in [6.07, 6.45) is 1.26. The summed E-state index contributed by atoms with van der Waals surface area (Å²) >= 11 is 0. The molecule has 0 saturated carbocycles. The molecule has 11 nitrogen and oxygen atoms in total. The van der Waals surface area contributed by atoms with Crippen LogP contribution in [-0.4, -0.2) is 63.7 Å². The number of methoxy groups -OCH3 is 4. The lowest BCUT2D eigenvalue weighted by Crippen LogP contribution is -2.64. The maximum Gasteiger partial charge on any atom is 0.253 e. The summed E-state index contributed by atoms with van der Waals surface area (Å²) in [5.41, 5.74) is 6.14. The summed E-state index contributed by atoms with van der Waals surface area (Å²) in [6.45, 7) is -0.112. The maximum atomic E-state index is 12.4. The number of ether oxygens (including phenoxy) is 4. The van der Waals surface area contributed by atoms with Crippen LogP contribution in [0.1, 0.15) is 0 Å². The monoisotopic (exact) mass is 480 g/mol.